The molecule has 0 fully saturated rings. The van der Waals surface area contributed by atoms with E-state index in [4.69, 9.17) is 0 Å². The van der Waals surface area contributed by atoms with Gasteiger partial charge in [0.15, 0.2) is 0 Å². The highest BCUT2D eigenvalue weighted by Crippen LogP contribution is 2.28. The number of benzene rings is 1. The average molecular weight is 246 g/mol. The highest BCUT2D eigenvalue weighted by atomic mass is 32.1. The number of hydrogen-bond acceptors (Lipinski definition) is 4. The van der Waals surface area contributed by atoms with Crippen LogP contribution in [0.4, 0.5) is 0 Å². The first-order valence-electron chi connectivity index (χ1n) is 4.98. The number of carbonyl (C=O) groups excluding carboxylic acids is 2. The summed E-state index contributed by atoms with van der Waals surface area (Å²) in [4.78, 5) is 23.4. The molecule has 3 nitrogen and oxygen atoms in total. The molecule has 0 saturated heterocycles. The predicted molar refractivity (Wildman–Crippen MR) is 66.5 cm³/mol. The van der Waals surface area contributed by atoms with E-state index in [2.05, 4.69) is 4.74 Å². The summed E-state index contributed by atoms with van der Waals surface area (Å²) in [6.45, 7) is 0. The molecule has 1 aromatic heterocycles. The quantitative estimate of drug-likeness (QED) is 0.617. The van der Waals surface area contributed by atoms with E-state index in [-0.39, 0.29) is 5.97 Å². The van der Waals surface area contributed by atoms with Crippen LogP contribution in [0, 0.1) is 0 Å². The van der Waals surface area contributed by atoms with Gasteiger partial charge >= 0.3 is 5.97 Å². The second-order valence-corrected chi connectivity index (χ2v) is 4.48. The Morgan fingerprint density at radius 1 is 1.18 bits per heavy atom. The molecule has 0 N–H and O–H groups in total. The largest absolute Gasteiger partial charge is 0.465 e. The summed E-state index contributed by atoms with van der Waals surface area (Å²) in [6.07, 6.45) is 0.804. The summed E-state index contributed by atoms with van der Waals surface area (Å²) in [5.41, 5.74) is 1.62. The van der Waals surface area contributed by atoms with Crippen LogP contribution in [0.1, 0.15) is 20.0 Å². The zero-order chi connectivity index (χ0) is 12.3. The Balaban J connectivity index is 2.30. The molecular weight excluding hydrogens is 236 g/mol. The number of methoxy groups -OCH3 is 1. The van der Waals surface area contributed by atoms with Gasteiger partial charge in [-0.25, -0.2) is 4.79 Å². The van der Waals surface area contributed by atoms with E-state index in [0.29, 0.717) is 10.4 Å². The lowest BCUT2D eigenvalue weighted by molar-refractivity contribution is 0.0606. The lowest BCUT2D eigenvalue weighted by Gasteiger charge is -1.97. The van der Waals surface area contributed by atoms with E-state index >= 15 is 0 Å². The van der Waals surface area contributed by atoms with Gasteiger partial charge in [0.2, 0.25) is 0 Å². The fraction of sp³-hybridized carbons (Fsp3) is 0.0769. The Bertz CT molecular complexity index is 540. The monoisotopic (exact) mass is 246 g/mol. The third kappa shape index (κ3) is 2.42. The summed E-state index contributed by atoms with van der Waals surface area (Å²) < 4.78 is 4.65. The van der Waals surface area contributed by atoms with Crippen LogP contribution in [0.3, 0.4) is 0 Å². The minimum Gasteiger partial charge on any atom is -0.465 e. The fourth-order valence-corrected chi connectivity index (χ4v) is 2.36. The molecule has 17 heavy (non-hydrogen) atoms. The normalized spacial score (nSPS) is 9.94. The first-order chi connectivity index (χ1) is 8.24. The smallest absolute Gasteiger partial charge is 0.348 e. The van der Waals surface area contributed by atoms with Gasteiger partial charge in [-0.3, -0.25) is 4.79 Å². The van der Waals surface area contributed by atoms with Crippen LogP contribution < -0.4 is 0 Å². The molecule has 0 aliphatic rings. The van der Waals surface area contributed by atoms with Gasteiger partial charge in [0.25, 0.3) is 0 Å². The van der Waals surface area contributed by atoms with E-state index < -0.39 is 0 Å². The standard InChI is InChI=1S/C13H10O3S/c1-16-13(15)12-7-6-11(17-12)10-4-2-9(8-14)3-5-10/h2-8H,1H3. The minimum absolute atomic E-state index is 0.328. The third-order valence-electron chi connectivity index (χ3n) is 2.32. The Labute approximate surface area is 103 Å². The molecule has 4 heteroatoms. The van der Waals surface area contributed by atoms with Crippen LogP contribution in [0.25, 0.3) is 10.4 Å². The second kappa shape index (κ2) is 4.93. The van der Waals surface area contributed by atoms with Crippen molar-refractivity contribution in [2.24, 2.45) is 0 Å². The van der Waals surface area contributed by atoms with Crippen molar-refractivity contribution in [3.05, 3.63) is 46.8 Å². The van der Waals surface area contributed by atoms with E-state index in [1.165, 1.54) is 18.4 Å². The zero-order valence-electron chi connectivity index (χ0n) is 9.17. The molecule has 1 heterocycles. The second-order valence-electron chi connectivity index (χ2n) is 3.40. The van der Waals surface area contributed by atoms with E-state index in [9.17, 15) is 9.59 Å². The molecule has 0 saturated carbocycles. The molecule has 0 aliphatic carbocycles. The Hall–Kier alpha value is -1.94. The van der Waals surface area contributed by atoms with E-state index in [1.54, 1.807) is 18.2 Å². The SMILES string of the molecule is COC(=O)c1ccc(-c2ccc(C=O)cc2)s1. The van der Waals surface area contributed by atoms with Crippen molar-refractivity contribution in [2.45, 2.75) is 0 Å². The zero-order valence-corrected chi connectivity index (χ0v) is 9.99. The van der Waals surface area contributed by atoms with Gasteiger partial charge in [0.05, 0.1) is 7.11 Å². The van der Waals surface area contributed by atoms with Crippen LogP contribution in [0.15, 0.2) is 36.4 Å². The summed E-state index contributed by atoms with van der Waals surface area (Å²) in [6, 6.07) is 10.8. The van der Waals surface area contributed by atoms with Crippen molar-refractivity contribution in [1.29, 1.82) is 0 Å². The molecule has 1 aromatic carbocycles. The molecule has 2 aromatic rings. The van der Waals surface area contributed by atoms with Crippen molar-refractivity contribution in [1.82, 2.24) is 0 Å². The highest BCUT2D eigenvalue weighted by Gasteiger charge is 2.09. The maximum atomic E-state index is 11.3. The van der Waals surface area contributed by atoms with Gasteiger partial charge in [0, 0.05) is 10.4 Å². The number of aldehydes is 1. The van der Waals surface area contributed by atoms with Crippen LogP contribution >= 0.6 is 11.3 Å². The van der Waals surface area contributed by atoms with Crippen molar-refractivity contribution < 1.29 is 14.3 Å². The predicted octanol–water partition coefficient (Wildman–Crippen LogP) is 3.01. The summed E-state index contributed by atoms with van der Waals surface area (Å²) in [5.74, 6) is -0.328. The topological polar surface area (TPSA) is 43.4 Å². The maximum Gasteiger partial charge on any atom is 0.348 e. The molecule has 0 amide bonds. The average Bonchev–Trinajstić information content (AvgIpc) is 2.87. The Morgan fingerprint density at radius 2 is 1.88 bits per heavy atom. The lowest BCUT2D eigenvalue weighted by Crippen LogP contribution is -1.96. The Morgan fingerprint density at radius 3 is 2.47 bits per heavy atom. The van der Waals surface area contributed by atoms with Gasteiger partial charge in [-0.2, -0.15) is 0 Å². The first-order valence-corrected chi connectivity index (χ1v) is 5.80. The molecule has 86 valence electrons. The molecule has 2 rings (SSSR count). The maximum absolute atomic E-state index is 11.3. The van der Waals surface area contributed by atoms with Gasteiger partial charge in [-0.05, 0) is 17.7 Å². The highest BCUT2D eigenvalue weighted by molar-refractivity contribution is 7.17. The molecule has 0 atom stereocenters. The van der Waals surface area contributed by atoms with Crippen molar-refractivity contribution in [3.63, 3.8) is 0 Å². The van der Waals surface area contributed by atoms with Crippen molar-refractivity contribution >= 4 is 23.6 Å². The van der Waals surface area contributed by atoms with Crippen molar-refractivity contribution in [3.8, 4) is 10.4 Å². The summed E-state index contributed by atoms with van der Waals surface area (Å²) >= 11 is 1.37. The molecule has 0 bridgehead atoms. The lowest BCUT2D eigenvalue weighted by atomic mass is 10.1. The minimum atomic E-state index is -0.328. The van der Waals surface area contributed by atoms with Crippen LogP contribution in [0.5, 0.6) is 0 Å². The molecule has 0 aliphatic heterocycles. The molecular formula is C13H10O3S. The number of carbonyl (C=O) groups is 2. The summed E-state index contributed by atoms with van der Waals surface area (Å²) in [5, 5.41) is 0. The third-order valence-corrected chi connectivity index (χ3v) is 3.44. The number of rotatable bonds is 3. The summed E-state index contributed by atoms with van der Waals surface area (Å²) in [7, 11) is 1.36. The molecule has 0 unspecified atom stereocenters. The van der Waals surface area contributed by atoms with Crippen molar-refractivity contribution in [2.75, 3.05) is 7.11 Å². The number of esters is 1. The Kier molecular flexibility index (Phi) is 3.35. The van der Waals surface area contributed by atoms with E-state index in [1.807, 2.05) is 18.2 Å². The van der Waals surface area contributed by atoms with Gasteiger partial charge in [0.1, 0.15) is 11.2 Å². The number of ether oxygens (including phenoxy) is 1. The number of thiophene rings is 1. The van der Waals surface area contributed by atoms with Gasteiger partial charge < -0.3 is 4.74 Å². The first kappa shape index (κ1) is 11.5. The van der Waals surface area contributed by atoms with Crippen LogP contribution in [0.2, 0.25) is 0 Å². The fourth-order valence-electron chi connectivity index (χ4n) is 1.43. The number of hydrogen-bond donors (Lipinski definition) is 0. The van der Waals surface area contributed by atoms with Crippen LogP contribution in [-0.4, -0.2) is 19.4 Å². The van der Waals surface area contributed by atoms with Gasteiger partial charge in [-0.15, -0.1) is 11.3 Å². The molecule has 0 spiro atoms. The van der Waals surface area contributed by atoms with E-state index in [0.717, 1.165) is 16.7 Å². The van der Waals surface area contributed by atoms with Gasteiger partial charge in [-0.1, -0.05) is 24.3 Å². The van der Waals surface area contributed by atoms with Crippen LogP contribution in [-0.2, 0) is 4.74 Å². The molecule has 0 radical (unpaired) electrons.